The van der Waals surface area contributed by atoms with Crippen molar-refractivity contribution in [2.24, 2.45) is 11.3 Å². The van der Waals surface area contributed by atoms with Crippen molar-refractivity contribution in [2.75, 3.05) is 26.2 Å². The predicted molar refractivity (Wildman–Crippen MR) is 112 cm³/mol. The Kier molecular flexibility index (Phi) is 4.68. The number of hydrogen-bond donors (Lipinski definition) is 2. The number of carboxylic acids is 1. The molecule has 1 unspecified atom stereocenters. The van der Waals surface area contributed by atoms with Crippen molar-refractivity contribution in [2.45, 2.75) is 18.8 Å². The largest absolute Gasteiger partial charge is 0.481 e. The molecule has 2 amide bonds. The second kappa shape index (κ2) is 7.41. The summed E-state index contributed by atoms with van der Waals surface area (Å²) in [5, 5.41) is 11.9. The smallest absolute Gasteiger partial charge is 0.407 e. The Balaban J connectivity index is 1.16. The third kappa shape index (κ3) is 3.44. The molecule has 0 aromatic heterocycles. The lowest BCUT2D eigenvalue weighted by molar-refractivity contribution is -0.143. The molecule has 5 rings (SSSR count). The minimum atomic E-state index is -0.850. The van der Waals surface area contributed by atoms with Crippen molar-refractivity contribution < 1.29 is 24.2 Å². The van der Waals surface area contributed by atoms with Gasteiger partial charge in [-0.05, 0) is 35.1 Å². The van der Waals surface area contributed by atoms with Crippen molar-refractivity contribution >= 4 is 18.0 Å². The zero-order valence-corrected chi connectivity index (χ0v) is 17.0. The first-order chi connectivity index (χ1) is 15.0. The lowest BCUT2D eigenvalue weighted by atomic mass is 9.93. The monoisotopic (exact) mass is 420 g/mol. The van der Waals surface area contributed by atoms with Gasteiger partial charge >= 0.3 is 12.1 Å². The molecular weight excluding hydrogens is 396 g/mol. The van der Waals surface area contributed by atoms with Gasteiger partial charge in [-0.15, -0.1) is 0 Å². The first-order valence-corrected chi connectivity index (χ1v) is 10.6. The summed E-state index contributed by atoms with van der Waals surface area (Å²) in [6.45, 7) is 0.650. The van der Waals surface area contributed by atoms with E-state index in [0.717, 1.165) is 35.1 Å². The number of carbonyl (C=O) groups is 3. The van der Waals surface area contributed by atoms with E-state index in [1.165, 1.54) is 0 Å². The van der Waals surface area contributed by atoms with Crippen LogP contribution in [0.15, 0.2) is 48.5 Å². The maximum atomic E-state index is 12.5. The molecule has 1 saturated heterocycles. The molecule has 2 aromatic carbocycles. The zero-order valence-electron chi connectivity index (χ0n) is 17.0. The van der Waals surface area contributed by atoms with E-state index in [0.29, 0.717) is 6.54 Å². The van der Waals surface area contributed by atoms with Crippen molar-refractivity contribution in [3.8, 4) is 11.1 Å². The molecular formula is C24H24N2O5. The maximum Gasteiger partial charge on any atom is 0.407 e. The van der Waals surface area contributed by atoms with Gasteiger partial charge in [-0.2, -0.15) is 0 Å². The number of alkyl carbamates (subject to hydrolysis) is 1. The highest BCUT2D eigenvalue weighted by Crippen LogP contribution is 2.56. The van der Waals surface area contributed by atoms with E-state index in [2.05, 4.69) is 17.4 Å². The van der Waals surface area contributed by atoms with Crippen LogP contribution in [0.1, 0.15) is 29.9 Å². The van der Waals surface area contributed by atoms with Gasteiger partial charge in [0.1, 0.15) is 13.2 Å². The summed E-state index contributed by atoms with van der Waals surface area (Å²) in [5.74, 6) is -1.68. The highest BCUT2D eigenvalue weighted by atomic mass is 16.5. The number of nitrogens with zero attached hydrogens (tertiary/aromatic N) is 1. The molecule has 7 heteroatoms. The summed E-state index contributed by atoms with van der Waals surface area (Å²) in [6.07, 6.45) is 1.03. The average molecular weight is 420 g/mol. The quantitative estimate of drug-likeness (QED) is 0.776. The minimum Gasteiger partial charge on any atom is -0.481 e. The molecule has 7 nitrogen and oxygen atoms in total. The average Bonchev–Trinajstić information content (AvgIpc) is 3.32. The lowest BCUT2D eigenvalue weighted by Gasteiger charge is -2.17. The van der Waals surface area contributed by atoms with Crippen LogP contribution in [0.5, 0.6) is 0 Å². The summed E-state index contributed by atoms with van der Waals surface area (Å²) in [6, 6.07) is 16.2. The summed E-state index contributed by atoms with van der Waals surface area (Å²) < 4.78 is 5.45. The van der Waals surface area contributed by atoms with E-state index < -0.39 is 18.0 Å². The number of carbonyl (C=O) groups excluding carboxylic acids is 2. The molecule has 0 radical (unpaired) electrons. The van der Waals surface area contributed by atoms with Crippen molar-refractivity contribution in [1.82, 2.24) is 10.2 Å². The van der Waals surface area contributed by atoms with Gasteiger partial charge in [-0.3, -0.25) is 9.59 Å². The molecule has 2 aromatic rings. The van der Waals surface area contributed by atoms with Crippen molar-refractivity contribution in [3.05, 3.63) is 59.7 Å². The van der Waals surface area contributed by atoms with E-state index in [-0.39, 0.29) is 36.9 Å². The van der Waals surface area contributed by atoms with Gasteiger partial charge in [0.15, 0.2) is 0 Å². The molecule has 2 N–H and O–H groups in total. The number of nitrogens with one attached hydrogen (secondary N) is 1. The molecule has 2 aliphatic carbocycles. The molecule has 1 aliphatic heterocycles. The number of aliphatic carboxylic acids is 1. The highest BCUT2D eigenvalue weighted by Gasteiger charge is 2.58. The normalized spacial score (nSPS) is 20.3. The first-order valence-electron chi connectivity index (χ1n) is 10.6. The molecule has 0 bridgehead atoms. The fraction of sp³-hybridized carbons (Fsp3) is 0.375. The van der Waals surface area contributed by atoms with Gasteiger partial charge in [0.25, 0.3) is 0 Å². The molecule has 2 fully saturated rings. The van der Waals surface area contributed by atoms with E-state index in [1.54, 1.807) is 4.90 Å². The summed E-state index contributed by atoms with van der Waals surface area (Å²) in [5.41, 5.74) is 4.29. The van der Waals surface area contributed by atoms with Gasteiger partial charge in [0, 0.05) is 24.4 Å². The SMILES string of the molecule is O=C(NCC(=O)N1CC(C(=O)O)C2(CC2)C1)OCC1c2ccccc2-c2ccccc21. The fourth-order valence-electron chi connectivity index (χ4n) is 5.08. The van der Waals surface area contributed by atoms with E-state index in [1.807, 2.05) is 36.4 Å². The first kappa shape index (κ1) is 19.6. The molecule has 3 aliphatic rings. The van der Waals surface area contributed by atoms with Crippen LogP contribution >= 0.6 is 0 Å². The fourth-order valence-corrected chi connectivity index (χ4v) is 5.08. The van der Waals surface area contributed by atoms with Crippen LogP contribution in [0, 0.1) is 11.3 Å². The Bertz CT molecular complexity index is 1020. The van der Waals surface area contributed by atoms with Crippen LogP contribution in [-0.4, -0.2) is 54.2 Å². The number of carboxylic acid groups (broad SMARTS) is 1. The molecule has 160 valence electrons. The number of fused-ring (bicyclic) bond motifs is 3. The third-order valence-electron chi connectivity index (χ3n) is 6.92. The van der Waals surface area contributed by atoms with Gasteiger partial charge in [0.2, 0.25) is 5.91 Å². The number of ether oxygens (including phenoxy) is 1. The lowest BCUT2D eigenvalue weighted by Crippen LogP contribution is -2.40. The van der Waals surface area contributed by atoms with Crippen LogP contribution in [0.25, 0.3) is 11.1 Å². The standard InChI is InChI=1S/C24H24N2O5/c27-21(26-12-20(22(28)29)24(14-26)9-10-24)11-25-23(30)31-13-19-17-7-3-1-5-15(17)16-6-2-4-8-18(16)19/h1-8,19-20H,9-14H2,(H,25,30)(H,28,29). The second-order valence-corrected chi connectivity index (χ2v) is 8.71. The summed E-state index contributed by atoms with van der Waals surface area (Å²) >= 11 is 0. The highest BCUT2D eigenvalue weighted by molar-refractivity contribution is 5.84. The third-order valence-corrected chi connectivity index (χ3v) is 6.92. The van der Waals surface area contributed by atoms with Crippen LogP contribution in [0.3, 0.4) is 0 Å². The van der Waals surface area contributed by atoms with E-state index in [9.17, 15) is 19.5 Å². The Hall–Kier alpha value is -3.35. The van der Waals surface area contributed by atoms with Gasteiger partial charge in [-0.1, -0.05) is 48.5 Å². The van der Waals surface area contributed by atoms with E-state index in [4.69, 9.17) is 4.74 Å². The Labute approximate surface area is 180 Å². The van der Waals surface area contributed by atoms with Crippen LogP contribution < -0.4 is 5.32 Å². The van der Waals surface area contributed by atoms with Crippen LogP contribution in [0.4, 0.5) is 4.79 Å². The second-order valence-electron chi connectivity index (χ2n) is 8.71. The minimum absolute atomic E-state index is 0.0431. The van der Waals surface area contributed by atoms with Gasteiger partial charge in [-0.25, -0.2) is 4.79 Å². The Morgan fingerprint density at radius 1 is 1.03 bits per heavy atom. The maximum absolute atomic E-state index is 12.5. The predicted octanol–water partition coefficient (Wildman–Crippen LogP) is 2.85. The molecule has 1 atom stereocenters. The van der Waals surface area contributed by atoms with Crippen molar-refractivity contribution in [1.29, 1.82) is 0 Å². The summed E-state index contributed by atoms with van der Waals surface area (Å²) in [7, 11) is 0. The molecule has 31 heavy (non-hydrogen) atoms. The van der Waals surface area contributed by atoms with Crippen LogP contribution in [0.2, 0.25) is 0 Å². The Morgan fingerprint density at radius 2 is 1.65 bits per heavy atom. The number of benzene rings is 2. The topological polar surface area (TPSA) is 95.9 Å². The number of amides is 2. The Morgan fingerprint density at radius 3 is 2.19 bits per heavy atom. The molecule has 1 spiro atoms. The van der Waals surface area contributed by atoms with Crippen LogP contribution in [-0.2, 0) is 14.3 Å². The van der Waals surface area contributed by atoms with Gasteiger partial charge < -0.3 is 20.1 Å². The zero-order chi connectivity index (χ0) is 21.6. The number of hydrogen-bond acceptors (Lipinski definition) is 4. The van der Waals surface area contributed by atoms with Gasteiger partial charge in [0.05, 0.1) is 5.92 Å². The molecule has 1 saturated carbocycles. The van der Waals surface area contributed by atoms with Crippen molar-refractivity contribution in [3.63, 3.8) is 0 Å². The molecule has 1 heterocycles. The number of rotatable bonds is 5. The van der Waals surface area contributed by atoms with E-state index >= 15 is 0 Å². The number of likely N-dealkylation sites (tertiary alicyclic amines) is 1. The summed E-state index contributed by atoms with van der Waals surface area (Å²) in [4.78, 5) is 37.7.